The van der Waals surface area contributed by atoms with Crippen LogP contribution in [0.3, 0.4) is 0 Å². The van der Waals surface area contributed by atoms with Crippen LogP contribution in [0.4, 0.5) is 0 Å². The van der Waals surface area contributed by atoms with Crippen LogP contribution in [0.2, 0.25) is 0 Å². The molecule has 0 unspecified atom stereocenters. The molecule has 1 aliphatic heterocycles. The van der Waals surface area contributed by atoms with Crippen LogP contribution >= 0.6 is 0 Å². The highest BCUT2D eigenvalue weighted by molar-refractivity contribution is 6.61. The summed E-state index contributed by atoms with van der Waals surface area (Å²) in [5.41, 5.74) is 3.49. The minimum atomic E-state index is -0.217. The van der Waals surface area contributed by atoms with Crippen LogP contribution in [-0.4, -0.2) is 20.3 Å². The lowest BCUT2D eigenvalue weighted by Gasteiger charge is -2.08. The van der Waals surface area contributed by atoms with E-state index in [1.807, 2.05) is 0 Å². The average molecular weight is 274 g/mol. The normalized spacial score (nSPS) is 14.8. The number of rotatable bonds is 2. The second-order valence-corrected chi connectivity index (χ2v) is 5.26. The van der Waals surface area contributed by atoms with Crippen molar-refractivity contribution in [3.05, 3.63) is 66.7 Å². The highest BCUT2D eigenvalue weighted by atomic mass is 16.6. The standard InChI is InChI=1S/C18H15BO2/c1-2-5-15-12-17(9-8-14(15)4-1)16-6-3-7-18(13-16)19-20-10-11-21-19/h1-9,12-13H,10-11H2. The predicted molar refractivity (Wildman–Crippen MR) is 86.7 cm³/mol. The zero-order valence-corrected chi connectivity index (χ0v) is 11.7. The molecule has 2 nitrogen and oxygen atoms in total. The Morgan fingerprint density at radius 3 is 2.29 bits per heavy atom. The fraction of sp³-hybridized carbons (Fsp3) is 0.111. The number of benzene rings is 3. The van der Waals surface area contributed by atoms with Crippen molar-refractivity contribution < 1.29 is 9.31 Å². The molecule has 0 bridgehead atoms. The Morgan fingerprint density at radius 2 is 1.43 bits per heavy atom. The van der Waals surface area contributed by atoms with E-state index < -0.39 is 0 Å². The summed E-state index contributed by atoms with van der Waals surface area (Å²) < 4.78 is 11.2. The van der Waals surface area contributed by atoms with Crippen LogP contribution in [0.25, 0.3) is 21.9 Å². The molecule has 0 saturated carbocycles. The first-order valence-electron chi connectivity index (χ1n) is 7.22. The summed E-state index contributed by atoms with van der Waals surface area (Å²) in [6.45, 7) is 1.34. The van der Waals surface area contributed by atoms with Gasteiger partial charge in [0.2, 0.25) is 0 Å². The van der Waals surface area contributed by atoms with Crippen molar-refractivity contribution in [3.8, 4) is 11.1 Å². The van der Waals surface area contributed by atoms with Gasteiger partial charge < -0.3 is 9.31 Å². The SMILES string of the molecule is c1cc(B2OCCO2)cc(-c2ccc3ccccc3c2)c1. The summed E-state index contributed by atoms with van der Waals surface area (Å²) in [5.74, 6) is 0. The van der Waals surface area contributed by atoms with Gasteiger partial charge in [-0.1, -0.05) is 60.7 Å². The Hall–Kier alpha value is -2.10. The summed E-state index contributed by atoms with van der Waals surface area (Å²) in [7, 11) is -0.217. The first-order chi connectivity index (χ1) is 10.4. The minimum Gasteiger partial charge on any atom is -0.405 e. The topological polar surface area (TPSA) is 18.5 Å². The summed E-state index contributed by atoms with van der Waals surface area (Å²) in [6.07, 6.45) is 0. The molecule has 3 heteroatoms. The van der Waals surface area contributed by atoms with Gasteiger partial charge in [0, 0.05) is 0 Å². The van der Waals surface area contributed by atoms with Crippen molar-refractivity contribution in [3.63, 3.8) is 0 Å². The third-order valence-electron chi connectivity index (χ3n) is 3.86. The van der Waals surface area contributed by atoms with Crippen LogP contribution in [0, 0.1) is 0 Å². The van der Waals surface area contributed by atoms with Gasteiger partial charge in [-0.05, 0) is 33.4 Å². The fourth-order valence-corrected chi connectivity index (χ4v) is 2.78. The average Bonchev–Trinajstić information content (AvgIpc) is 3.09. The molecule has 1 fully saturated rings. The van der Waals surface area contributed by atoms with Crippen LogP contribution in [0.1, 0.15) is 0 Å². The number of hydrogen-bond acceptors (Lipinski definition) is 2. The highest BCUT2D eigenvalue weighted by Crippen LogP contribution is 2.24. The Balaban J connectivity index is 1.75. The molecule has 4 rings (SSSR count). The van der Waals surface area contributed by atoms with E-state index in [9.17, 15) is 0 Å². The van der Waals surface area contributed by atoms with Gasteiger partial charge in [-0.15, -0.1) is 0 Å². The first kappa shape index (κ1) is 12.6. The first-order valence-corrected chi connectivity index (χ1v) is 7.22. The summed E-state index contributed by atoms with van der Waals surface area (Å²) in [4.78, 5) is 0. The molecule has 102 valence electrons. The predicted octanol–water partition coefficient (Wildman–Crippen LogP) is 3.25. The lowest BCUT2D eigenvalue weighted by atomic mass is 9.78. The second-order valence-electron chi connectivity index (χ2n) is 5.26. The van der Waals surface area contributed by atoms with E-state index in [1.54, 1.807) is 0 Å². The molecule has 1 heterocycles. The summed E-state index contributed by atoms with van der Waals surface area (Å²) >= 11 is 0. The lowest BCUT2D eigenvalue weighted by Crippen LogP contribution is -2.31. The van der Waals surface area contributed by atoms with Gasteiger partial charge in [-0.3, -0.25) is 0 Å². The van der Waals surface area contributed by atoms with Crippen LogP contribution in [-0.2, 0) is 9.31 Å². The third-order valence-corrected chi connectivity index (χ3v) is 3.86. The van der Waals surface area contributed by atoms with Crippen molar-refractivity contribution in [1.29, 1.82) is 0 Å². The van der Waals surface area contributed by atoms with E-state index in [1.165, 1.54) is 21.9 Å². The molecule has 3 aromatic carbocycles. The fourth-order valence-electron chi connectivity index (χ4n) is 2.78. The van der Waals surface area contributed by atoms with Crippen LogP contribution in [0.5, 0.6) is 0 Å². The van der Waals surface area contributed by atoms with Crippen molar-refractivity contribution >= 4 is 23.4 Å². The summed E-state index contributed by atoms with van der Waals surface area (Å²) in [6, 6.07) is 23.4. The zero-order chi connectivity index (χ0) is 14.1. The van der Waals surface area contributed by atoms with E-state index in [4.69, 9.17) is 9.31 Å². The van der Waals surface area contributed by atoms with Gasteiger partial charge in [-0.25, -0.2) is 0 Å². The van der Waals surface area contributed by atoms with E-state index in [0.29, 0.717) is 13.2 Å². The number of fused-ring (bicyclic) bond motifs is 1. The monoisotopic (exact) mass is 274 g/mol. The second kappa shape index (κ2) is 5.36. The van der Waals surface area contributed by atoms with E-state index in [2.05, 4.69) is 66.7 Å². The quantitative estimate of drug-likeness (QED) is 0.668. The third kappa shape index (κ3) is 2.46. The molecule has 1 aliphatic rings. The molecule has 3 aromatic rings. The lowest BCUT2D eigenvalue weighted by molar-refractivity contribution is 0.365. The van der Waals surface area contributed by atoms with Gasteiger partial charge in [-0.2, -0.15) is 0 Å². The van der Waals surface area contributed by atoms with Crippen molar-refractivity contribution in [2.45, 2.75) is 0 Å². The van der Waals surface area contributed by atoms with Gasteiger partial charge >= 0.3 is 7.12 Å². The number of hydrogen-bond donors (Lipinski definition) is 0. The Bertz CT molecular complexity index is 779. The van der Waals surface area contributed by atoms with Gasteiger partial charge in [0.25, 0.3) is 0 Å². The molecular weight excluding hydrogens is 259 g/mol. The molecular formula is C18H15BO2. The van der Waals surface area contributed by atoms with E-state index in [0.717, 1.165) is 5.46 Å². The molecule has 0 aliphatic carbocycles. The van der Waals surface area contributed by atoms with Gasteiger partial charge in [0.05, 0.1) is 13.2 Å². The molecule has 1 saturated heterocycles. The van der Waals surface area contributed by atoms with Crippen molar-refractivity contribution in [1.82, 2.24) is 0 Å². The van der Waals surface area contributed by atoms with E-state index in [-0.39, 0.29) is 7.12 Å². The molecule has 0 aromatic heterocycles. The molecule has 0 N–H and O–H groups in total. The van der Waals surface area contributed by atoms with Gasteiger partial charge in [0.1, 0.15) is 0 Å². The van der Waals surface area contributed by atoms with Gasteiger partial charge in [0.15, 0.2) is 0 Å². The maximum Gasteiger partial charge on any atom is 0.494 e. The maximum absolute atomic E-state index is 5.58. The van der Waals surface area contributed by atoms with Crippen LogP contribution in [0.15, 0.2) is 66.7 Å². The van der Waals surface area contributed by atoms with Crippen molar-refractivity contribution in [2.75, 3.05) is 13.2 Å². The smallest absolute Gasteiger partial charge is 0.405 e. The Morgan fingerprint density at radius 1 is 0.667 bits per heavy atom. The molecule has 0 radical (unpaired) electrons. The summed E-state index contributed by atoms with van der Waals surface area (Å²) in [5, 5.41) is 2.52. The Labute approximate surface area is 124 Å². The molecule has 0 spiro atoms. The minimum absolute atomic E-state index is 0.217. The van der Waals surface area contributed by atoms with Crippen molar-refractivity contribution in [2.24, 2.45) is 0 Å². The van der Waals surface area contributed by atoms with Crippen LogP contribution < -0.4 is 5.46 Å². The Kier molecular flexibility index (Phi) is 3.22. The molecule has 0 atom stereocenters. The zero-order valence-electron chi connectivity index (χ0n) is 11.7. The highest BCUT2D eigenvalue weighted by Gasteiger charge is 2.26. The molecule has 21 heavy (non-hydrogen) atoms. The maximum atomic E-state index is 5.58. The largest absolute Gasteiger partial charge is 0.494 e. The van der Waals surface area contributed by atoms with E-state index >= 15 is 0 Å². The molecule has 0 amide bonds.